The number of carbonyl (C=O) groups excluding carboxylic acids is 1. The lowest BCUT2D eigenvalue weighted by atomic mass is 9.84. The molecule has 0 unspecified atom stereocenters. The van der Waals surface area contributed by atoms with Crippen molar-refractivity contribution in [3.63, 3.8) is 0 Å². The predicted molar refractivity (Wildman–Crippen MR) is 129 cm³/mol. The van der Waals surface area contributed by atoms with E-state index in [1.807, 2.05) is 38.1 Å². The van der Waals surface area contributed by atoms with Gasteiger partial charge in [0.1, 0.15) is 0 Å². The highest BCUT2D eigenvalue weighted by atomic mass is 35.5. The maximum Gasteiger partial charge on any atom is 0.168 e. The molecule has 0 radical (unpaired) electrons. The smallest absolute Gasteiger partial charge is 0.168 e. The lowest BCUT2D eigenvalue weighted by Crippen LogP contribution is -2.32. The summed E-state index contributed by atoms with van der Waals surface area (Å²) in [7, 11) is 0. The van der Waals surface area contributed by atoms with Gasteiger partial charge in [0, 0.05) is 45.1 Å². The highest BCUT2D eigenvalue weighted by Gasteiger charge is 2.37. The average Bonchev–Trinajstić information content (AvgIpc) is 3.54. The molecule has 32 heavy (non-hydrogen) atoms. The second-order valence-corrected chi connectivity index (χ2v) is 10.6. The number of halogens is 1. The Labute approximate surface area is 194 Å². The Balaban J connectivity index is 1.96. The fourth-order valence-corrected chi connectivity index (χ4v) is 4.39. The van der Waals surface area contributed by atoms with Crippen LogP contribution in [0.4, 0.5) is 0 Å². The monoisotopic (exact) mass is 453 g/mol. The van der Waals surface area contributed by atoms with Crippen LogP contribution in [0.5, 0.6) is 0 Å². The number of nitrogens with zero attached hydrogens (tertiary/aromatic N) is 1. The van der Waals surface area contributed by atoms with Gasteiger partial charge in [-0.3, -0.25) is 4.79 Å². The van der Waals surface area contributed by atoms with Crippen LogP contribution in [-0.2, 0) is 13.0 Å². The Morgan fingerprint density at radius 3 is 2.34 bits per heavy atom. The Morgan fingerprint density at radius 1 is 1.12 bits per heavy atom. The molecule has 2 aromatic carbocycles. The van der Waals surface area contributed by atoms with Gasteiger partial charge in [0.15, 0.2) is 12.1 Å². The van der Waals surface area contributed by atoms with Gasteiger partial charge in [-0.25, -0.2) is 0 Å². The number of Topliss-reactive ketones (excluding diaryl/α,β-unsaturated/α-hetero) is 1. The standard InChI is InChI=1S/C27H32ClNO3/c1-16(2)19-9-12-22-21(13-19)24(25(30)18-7-8-18)23(14-27(3,4)26(31)32)29(22)15-17-5-10-20(28)11-6-17/h5-6,9-13,16,18,26,31-32H,7-8,14-15H2,1-4H3. The Morgan fingerprint density at radius 2 is 1.78 bits per heavy atom. The van der Waals surface area contributed by atoms with Crippen molar-refractivity contribution in [2.24, 2.45) is 11.3 Å². The number of aliphatic hydroxyl groups excluding tert-OH is 1. The van der Waals surface area contributed by atoms with Crippen molar-refractivity contribution in [1.82, 2.24) is 4.57 Å². The second kappa shape index (κ2) is 8.66. The number of carbonyl (C=O) groups is 1. The van der Waals surface area contributed by atoms with E-state index in [2.05, 4.69) is 36.6 Å². The fourth-order valence-electron chi connectivity index (χ4n) is 4.27. The molecule has 3 aromatic rings. The summed E-state index contributed by atoms with van der Waals surface area (Å²) in [4.78, 5) is 13.5. The predicted octanol–water partition coefficient (Wildman–Crippen LogP) is 5.94. The molecule has 1 aromatic heterocycles. The normalized spacial score (nSPS) is 14.7. The third-order valence-corrected chi connectivity index (χ3v) is 6.88. The van der Waals surface area contributed by atoms with Gasteiger partial charge in [0.25, 0.3) is 0 Å². The molecule has 4 nitrogen and oxygen atoms in total. The van der Waals surface area contributed by atoms with E-state index in [1.54, 1.807) is 0 Å². The van der Waals surface area contributed by atoms with Crippen molar-refractivity contribution in [1.29, 1.82) is 0 Å². The van der Waals surface area contributed by atoms with Gasteiger partial charge >= 0.3 is 0 Å². The molecule has 1 aliphatic carbocycles. The fraction of sp³-hybridized carbons (Fsp3) is 0.444. The third-order valence-electron chi connectivity index (χ3n) is 6.63. The highest BCUT2D eigenvalue weighted by molar-refractivity contribution is 6.30. The van der Waals surface area contributed by atoms with E-state index >= 15 is 0 Å². The number of benzene rings is 2. The van der Waals surface area contributed by atoms with Crippen LogP contribution < -0.4 is 0 Å². The molecule has 0 spiro atoms. The van der Waals surface area contributed by atoms with Crippen LogP contribution in [0, 0.1) is 11.3 Å². The first-order valence-electron chi connectivity index (χ1n) is 11.4. The Bertz CT molecular complexity index is 1140. The molecule has 5 heteroatoms. The van der Waals surface area contributed by atoms with Crippen molar-refractivity contribution >= 4 is 28.3 Å². The van der Waals surface area contributed by atoms with Gasteiger partial charge in [-0.1, -0.05) is 57.5 Å². The zero-order valence-corrected chi connectivity index (χ0v) is 20.0. The van der Waals surface area contributed by atoms with E-state index in [-0.39, 0.29) is 11.7 Å². The number of hydrogen-bond donors (Lipinski definition) is 2. The second-order valence-electron chi connectivity index (χ2n) is 10.1. The first-order valence-corrected chi connectivity index (χ1v) is 11.8. The van der Waals surface area contributed by atoms with Gasteiger partial charge < -0.3 is 14.8 Å². The number of hydrogen-bond acceptors (Lipinski definition) is 3. The lowest BCUT2D eigenvalue weighted by molar-refractivity contribution is -0.121. The van der Waals surface area contributed by atoms with Crippen LogP contribution >= 0.6 is 11.6 Å². The molecule has 1 fully saturated rings. The molecule has 0 amide bonds. The van der Waals surface area contributed by atoms with Crippen LogP contribution in [-0.4, -0.2) is 26.9 Å². The van der Waals surface area contributed by atoms with E-state index in [9.17, 15) is 15.0 Å². The summed E-state index contributed by atoms with van der Waals surface area (Å²) in [5.41, 5.74) is 4.11. The summed E-state index contributed by atoms with van der Waals surface area (Å²) >= 11 is 6.09. The topological polar surface area (TPSA) is 62.5 Å². The summed E-state index contributed by atoms with van der Waals surface area (Å²) in [6.45, 7) is 8.54. The quantitative estimate of drug-likeness (QED) is 0.328. The molecule has 1 aliphatic rings. The van der Waals surface area contributed by atoms with Gasteiger partial charge in [0.05, 0.1) is 0 Å². The average molecular weight is 454 g/mol. The van der Waals surface area contributed by atoms with E-state index < -0.39 is 11.7 Å². The number of aliphatic hydroxyl groups is 2. The van der Waals surface area contributed by atoms with Gasteiger partial charge in [0.2, 0.25) is 0 Å². The first-order chi connectivity index (χ1) is 15.1. The molecule has 4 rings (SSSR count). The summed E-state index contributed by atoms with van der Waals surface area (Å²) in [6.07, 6.45) is 0.757. The number of rotatable bonds is 8. The molecule has 0 aliphatic heterocycles. The van der Waals surface area contributed by atoms with Crippen molar-refractivity contribution in [2.45, 2.75) is 65.7 Å². The molecule has 0 bridgehead atoms. The van der Waals surface area contributed by atoms with Gasteiger partial charge in [-0.2, -0.15) is 0 Å². The maximum absolute atomic E-state index is 13.5. The number of fused-ring (bicyclic) bond motifs is 1. The van der Waals surface area contributed by atoms with Crippen LogP contribution in [0.15, 0.2) is 42.5 Å². The highest BCUT2D eigenvalue weighted by Crippen LogP contribution is 2.40. The van der Waals surface area contributed by atoms with Crippen LogP contribution in [0.3, 0.4) is 0 Å². The molecule has 1 heterocycles. The first kappa shape index (κ1) is 23.0. The number of ketones is 1. The SMILES string of the molecule is CC(C)c1ccc2c(c1)c(C(=O)C1CC1)c(CC(C)(C)C(O)O)n2Cc1ccc(Cl)cc1. The van der Waals surface area contributed by atoms with Crippen LogP contribution in [0.2, 0.25) is 5.02 Å². The third kappa shape index (κ3) is 4.50. The van der Waals surface area contributed by atoms with Gasteiger partial charge in [-0.15, -0.1) is 0 Å². The Hall–Kier alpha value is -2.14. The lowest BCUT2D eigenvalue weighted by Gasteiger charge is -2.28. The van der Waals surface area contributed by atoms with E-state index in [4.69, 9.17) is 11.6 Å². The van der Waals surface area contributed by atoms with E-state index in [1.165, 1.54) is 5.56 Å². The van der Waals surface area contributed by atoms with E-state index in [0.29, 0.717) is 23.9 Å². The minimum absolute atomic E-state index is 0.0770. The zero-order chi connectivity index (χ0) is 23.2. The molecular formula is C27H32ClNO3. The summed E-state index contributed by atoms with van der Waals surface area (Å²) < 4.78 is 2.18. The molecule has 170 valence electrons. The summed E-state index contributed by atoms with van der Waals surface area (Å²) in [5, 5.41) is 21.7. The van der Waals surface area contributed by atoms with E-state index in [0.717, 1.165) is 40.6 Å². The van der Waals surface area contributed by atoms with Crippen molar-refractivity contribution in [2.75, 3.05) is 0 Å². The van der Waals surface area contributed by atoms with Crippen LogP contribution in [0.25, 0.3) is 10.9 Å². The number of aromatic nitrogens is 1. The van der Waals surface area contributed by atoms with Crippen LogP contribution in [0.1, 0.15) is 73.6 Å². The summed E-state index contributed by atoms with van der Waals surface area (Å²) in [5.74, 6) is 0.610. The van der Waals surface area contributed by atoms with Crippen molar-refractivity contribution < 1.29 is 15.0 Å². The molecule has 2 N–H and O–H groups in total. The molecule has 1 saturated carbocycles. The molecular weight excluding hydrogens is 422 g/mol. The minimum atomic E-state index is -1.49. The maximum atomic E-state index is 13.5. The zero-order valence-electron chi connectivity index (χ0n) is 19.2. The molecule has 0 saturated heterocycles. The summed E-state index contributed by atoms with van der Waals surface area (Å²) in [6, 6.07) is 14.1. The Kier molecular flexibility index (Phi) is 6.23. The minimum Gasteiger partial charge on any atom is -0.368 e. The van der Waals surface area contributed by atoms with Gasteiger partial charge in [-0.05, 0) is 60.6 Å². The van der Waals surface area contributed by atoms with Crippen molar-refractivity contribution in [3.8, 4) is 0 Å². The molecule has 0 atom stereocenters. The largest absolute Gasteiger partial charge is 0.368 e. The van der Waals surface area contributed by atoms with Crippen molar-refractivity contribution in [3.05, 3.63) is 69.9 Å².